The van der Waals surface area contributed by atoms with Crippen LogP contribution in [-0.4, -0.2) is 36.2 Å². The molecule has 2 N–H and O–H groups in total. The molecule has 0 aliphatic heterocycles. The maximum absolute atomic E-state index is 9.93. The van der Waals surface area contributed by atoms with Gasteiger partial charge in [0.2, 0.25) is 0 Å². The van der Waals surface area contributed by atoms with Crippen LogP contribution in [0, 0.1) is 0 Å². The molecule has 2 aliphatic rings. The van der Waals surface area contributed by atoms with Crippen LogP contribution >= 0.6 is 0 Å². The van der Waals surface area contributed by atoms with Gasteiger partial charge in [-0.3, -0.25) is 0 Å². The van der Waals surface area contributed by atoms with Crippen molar-refractivity contribution in [1.29, 1.82) is 0 Å². The summed E-state index contributed by atoms with van der Waals surface area (Å²) >= 11 is 0. The predicted octanol–water partition coefficient (Wildman–Crippen LogP) is 2.84. The standard InChI is InChI=1S/C17H26N2O/c1-19(2)17(10-3-4-11-17)12-18-15-9-8-14-13(15)6-5-7-16(14)20/h5-7,15,18,20H,3-4,8-12H2,1-2H3. The summed E-state index contributed by atoms with van der Waals surface area (Å²) in [5.74, 6) is 0.468. The first-order valence-corrected chi connectivity index (χ1v) is 7.84. The van der Waals surface area contributed by atoms with E-state index in [2.05, 4.69) is 30.4 Å². The van der Waals surface area contributed by atoms with E-state index in [-0.39, 0.29) is 0 Å². The Labute approximate surface area is 122 Å². The van der Waals surface area contributed by atoms with Gasteiger partial charge < -0.3 is 15.3 Å². The lowest BCUT2D eigenvalue weighted by Crippen LogP contribution is -2.50. The van der Waals surface area contributed by atoms with Crippen molar-refractivity contribution in [2.75, 3.05) is 20.6 Å². The quantitative estimate of drug-likeness (QED) is 0.886. The summed E-state index contributed by atoms with van der Waals surface area (Å²) < 4.78 is 0. The van der Waals surface area contributed by atoms with Gasteiger partial charge in [-0.25, -0.2) is 0 Å². The summed E-state index contributed by atoms with van der Waals surface area (Å²) in [6.07, 6.45) is 7.40. The van der Waals surface area contributed by atoms with Gasteiger partial charge in [0.05, 0.1) is 0 Å². The third kappa shape index (κ3) is 2.33. The second kappa shape index (κ2) is 5.38. The second-order valence-corrected chi connectivity index (χ2v) is 6.64. The molecular weight excluding hydrogens is 248 g/mol. The van der Waals surface area contributed by atoms with Crippen molar-refractivity contribution in [3.05, 3.63) is 29.3 Å². The van der Waals surface area contributed by atoms with Gasteiger partial charge in [-0.1, -0.05) is 25.0 Å². The van der Waals surface area contributed by atoms with E-state index >= 15 is 0 Å². The normalized spacial score (nSPS) is 24.2. The molecule has 1 aromatic rings. The van der Waals surface area contributed by atoms with E-state index < -0.39 is 0 Å². The minimum Gasteiger partial charge on any atom is -0.508 e. The number of hydrogen-bond acceptors (Lipinski definition) is 3. The molecule has 1 atom stereocenters. The van der Waals surface area contributed by atoms with Crippen LogP contribution in [0.1, 0.15) is 49.3 Å². The van der Waals surface area contributed by atoms with Gasteiger partial charge in [-0.15, -0.1) is 0 Å². The Morgan fingerprint density at radius 3 is 2.75 bits per heavy atom. The molecule has 110 valence electrons. The number of phenols is 1. The number of nitrogens with zero attached hydrogens (tertiary/aromatic N) is 1. The molecule has 2 aliphatic carbocycles. The highest BCUT2D eigenvalue weighted by molar-refractivity contribution is 5.44. The molecule has 0 amide bonds. The zero-order chi connectivity index (χ0) is 14.2. The fourth-order valence-corrected chi connectivity index (χ4v) is 3.98. The van der Waals surface area contributed by atoms with Crippen molar-refractivity contribution in [1.82, 2.24) is 10.2 Å². The lowest BCUT2D eigenvalue weighted by molar-refractivity contribution is 0.149. The Balaban J connectivity index is 1.70. The summed E-state index contributed by atoms with van der Waals surface area (Å²) in [5.41, 5.74) is 2.78. The fraction of sp³-hybridized carbons (Fsp3) is 0.647. The number of fused-ring (bicyclic) bond motifs is 1. The number of benzene rings is 1. The zero-order valence-electron chi connectivity index (χ0n) is 12.7. The highest BCUT2D eigenvalue weighted by Crippen LogP contribution is 2.38. The first-order chi connectivity index (χ1) is 9.62. The van der Waals surface area contributed by atoms with E-state index in [0.717, 1.165) is 24.9 Å². The first kappa shape index (κ1) is 13.9. The number of nitrogens with one attached hydrogen (secondary N) is 1. The van der Waals surface area contributed by atoms with Crippen molar-refractivity contribution in [3.63, 3.8) is 0 Å². The van der Waals surface area contributed by atoms with Gasteiger partial charge in [0, 0.05) is 18.1 Å². The Morgan fingerprint density at radius 1 is 1.30 bits per heavy atom. The van der Waals surface area contributed by atoms with Crippen molar-refractivity contribution < 1.29 is 5.11 Å². The highest BCUT2D eigenvalue weighted by atomic mass is 16.3. The van der Waals surface area contributed by atoms with Gasteiger partial charge in [0.1, 0.15) is 5.75 Å². The Kier molecular flexibility index (Phi) is 3.74. The summed E-state index contributed by atoms with van der Waals surface area (Å²) in [6, 6.07) is 6.34. The molecule has 3 heteroatoms. The molecule has 0 bridgehead atoms. The molecule has 1 unspecified atom stereocenters. The highest BCUT2D eigenvalue weighted by Gasteiger charge is 2.37. The van der Waals surface area contributed by atoms with Crippen LogP contribution in [0.4, 0.5) is 0 Å². The van der Waals surface area contributed by atoms with E-state index in [0.29, 0.717) is 17.3 Å². The summed E-state index contributed by atoms with van der Waals surface area (Å²) in [7, 11) is 4.42. The van der Waals surface area contributed by atoms with Crippen molar-refractivity contribution >= 4 is 0 Å². The molecular formula is C17H26N2O. The number of aromatic hydroxyl groups is 1. The van der Waals surface area contributed by atoms with E-state index in [4.69, 9.17) is 0 Å². The van der Waals surface area contributed by atoms with Crippen LogP contribution < -0.4 is 5.32 Å². The van der Waals surface area contributed by atoms with Gasteiger partial charge in [0.25, 0.3) is 0 Å². The van der Waals surface area contributed by atoms with Gasteiger partial charge in [-0.05, 0) is 57.0 Å². The molecule has 1 aromatic carbocycles. The smallest absolute Gasteiger partial charge is 0.119 e. The Hall–Kier alpha value is -1.06. The summed E-state index contributed by atoms with van der Waals surface area (Å²) in [5, 5.41) is 13.7. The van der Waals surface area contributed by atoms with Crippen molar-refractivity contribution in [3.8, 4) is 5.75 Å². The van der Waals surface area contributed by atoms with Crippen LogP contribution in [0.15, 0.2) is 18.2 Å². The van der Waals surface area contributed by atoms with Crippen LogP contribution in [-0.2, 0) is 6.42 Å². The Bertz CT molecular complexity index is 478. The molecule has 0 saturated heterocycles. The van der Waals surface area contributed by atoms with Crippen LogP contribution in [0.2, 0.25) is 0 Å². The molecule has 3 rings (SSSR count). The van der Waals surface area contributed by atoms with Crippen molar-refractivity contribution in [2.45, 2.75) is 50.1 Å². The van der Waals surface area contributed by atoms with E-state index in [1.54, 1.807) is 6.07 Å². The number of phenolic OH excluding ortho intramolecular Hbond substituents is 1. The topological polar surface area (TPSA) is 35.5 Å². The van der Waals surface area contributed by atoms with Gasteiger partial charge in [0.15, 0.2) is 0 Å². The number of likely N-dealkylation sites (N-methyl/N-ethyl adjacent to an activating group) is 1. The first-order valence-electron chi connectivity index (χ1n) is 7.84. The Morgan fingerprint density at radius 2 is 2.05 bits per heavy atom. The van der Waals surface area contributed by atoms with E-state index in [9.17, 15) is 5.11 Å². The minimum atomic E-state index is 0.333. The monoisotopic (exact) mass is 274 g/mol. The molecule has 0 heterocycles. The molecule has 20 heavy (non-hydrogen) atoms. The number of rotatable bonds is 4. The third-order valence-corrected chi connectivity index (χ3v) is 5.41. The fourth-order valence-electron chi connectivity index (χ4n) is 3.98. The molecule has 0 spiro atoms. The van der Waals surface area contributed by atoms with Crippen LogP contribution in [0.25, 0.3) is 0 Å². The molecule has 1 saturated carbocycles. The van der Waals surface area contributed by atoms with Gasteiger partial charge in [-0.2, -0.15) is 0 Å². The zero-order valence-corrected chi connectivity index (χ0v) is 12.7. The maximum Gasteiger partial charge on any atom is 0.119 e. The average Bonchev–Trinajstić information content (AvgIpc) is 3.04. The second-order valence-electron chi connectivity index (χ2n) is 6.64. The molecule has 0 radical (unpaired) electrons. The number of hydrogen-bond donors (Lipinski definition) is 2. The third-order valence-electron chi connectivity index (χ3n) is 5.41. The molecule has 3 nitrogen and oxygen atoms in total. The lowest BCUT2D eigenvalue weighted by Gasteiger charge is -2.37. The SMILES string of the molecule is CN(C)C1(CNC2CCc3c(O)cccc32)CCCC1. The van der Waals surface area contributed by atoms with E-state index in [1.165, 1.54) is 31.2 Å². The van der Waals surface area contributed by atoms with Crippen molar-refractivity contribution in [2.24, 2.45) is 0 Å². The molecule has 1 fully saturated rings. The van der Waals surface area contributed by atoms with Crippen LogP contribution in [0.5, 0.6) is 5.75 Å². The predicted molar refractivity (Wildman–Crippen MR) is 82.1 cm³/mol. The van der Waals surface area contributed by atoms with Crippen LogP contribution in [0.3, 0.4) is 0 Å². The maximum atomic E-state index is 9.93. The summed E-state index contributed by atoms with van der Waals surface area (Å²) in [6.45, 7) is 1.06. The summed E-state index contributed by atoms with van der Waals surface area (Å²) in [4.78, 5) is 2.41. The van der Waals surface area contributed by atoms with Gasteiger partial charge >= 0.3 is 0 Å². The minimum absolute atomic E-state index is 0.333. The lowest BCUT2D eigenvalue weighted by atomic mass is 9.95. The average molecular weight is 274 g/mol. The van der Waals surface area contributed by atoms with E-state index in [1.807, 2.05) is 6.07 Å². The molecule has 0 aromatic heterocycles. The largest absolute Gasteiger partial charge is 0.508 e.